The van der Waals surface area contributed by atoms with Crippen molar-refractivity contribution in [2.24, 2.45) is 5.92 Å². The number of hydrogen-bond donors (Lipinski definition) is 3. The van der Waals surface area contributed by atoms with E-state index < -0.39 is 0 Å². The third-order valence-corrected chi connectivity index (χ3v) is 4.19. The molecule has 1 aromatic heterocycles. The molecule has 1 fully saturated rings. The normalized spacial score (nSPS) is 25.8. The summed E-state index contributed by atoms with van der Waals surface area (Å²) in [6.07, 6.45) is 4.26. The van der Waals surface area contributed by atoms with Gasteiger partial charge in [-0.2, -0.15) is 0 Å². The van der Waals surface area contributed by atoms with Crippen molar-refractivity contribution in [2.75, 3.05) is 12.3 Å². The molecule has 0 radical (unpaired) electrons. The van der Waals surface area contributed by atoms with Crippen molar-refractivity contribution in [3.8, 4) is 0 Å². The molecule has 4 heteroatoms. The topological polar surface area (TPSA) is 58.3 Å². The Kier molecular flexibility index (Phi) is 4.21. The highest BCUT2D eigenvalue weighted by Crippen LogP contribution is 2.24. The Morgan fingerprint density at radius 2 is 2.38 bits per heavy atom. The van der Waals surface area contributed by atoms with Crippen molar-refractivity contribution >= 4 is 17.0 Å². The zero-order valence-electron chi connectivity index (χ0n) is 9.48. The van der Waals surface area contributed by atoms with Gasteiger partial charge in [-0.25, -0.2) is 0 Å². The van der Waals surface area contributed by atoms with Crippen molar-refractivity contribution < 1.29 is 5.11 Å². The average Bonchev–Trinajstić information content (AvgIpc) is 2.65. The van der Waals surface area contributed by atoms with Gasteiger partial charge in [-0.15, -0.1) is 11.3 Å². The van der Waals surface area contributed by atoms with E-state index in [0.717, 1.165) is 38.0 Å². The molecule has 0 aliphatic heterocycles. The lowest BCUT2D eigenvalue weighted by atomic mass is 9.87. The number of anilines is 1. The molecule has 2 unspecified atom stereocenters. The molecule has 4 N–H and O–H groups in total. The number of hydrogen-bond acceptors (Lipinski definition) is 4. The maximum absolute atomic E-state index is 9.56. The quantitative estimate of drug-likeness (QED) is 0.754. The molecule has 1 aromatic rings. The minimum absolute atomic E-state index is 0.0765. The standard InChI is InChI=1S/C12H20N2OS/c13-11-4-5-16-12(11)8-14-7-9-2-1-3-10(15)6-9/h4-5,9-10,14-15H,1-3,6-8,13H2. The van der Waals surface area contributed by atoms with E-state index in [9.17, 15) is 5.11 Å². The first-order valence-corrected chi connectivity index (χ1v) is 6.84. The van der Waals surface area contributed by atoms with Gasteiger partial charge in [0.25, 0.3) is 0 Å². The van der Waals surface area contributed by atoms with E-state index in [1.807, 2.05) is 11.4 Å². The van der Waals surface area contributed by atoms with Crippen molar-refractivity contribution in [3.63, 3.8) is 0 Å². The van der Waals surface area contributed by atoms with Crippen LogP contribution in [-0.4, -0.2) is 17.8 Å². The number of nitrogen functional groups attached to an aromatic ring is 1. The van der Waals surface area contributed by atoms with Crippen molar-refractivity contribution in [1.82, 2.24) is 5.32 Å². The number of aliphatic hydroxyl groups excluding tert-OH is 1. The van der Waals surface area contributed by atoms with Crippen LogP contribution in [0.1, 0.15) is 30.6 Å². The Morgan fingerprint density at radius 3 is 3.06 bits per heavy atom. The van der Waals surface area contributed by atoms with E-state index in [0.29, 0.717) is 5.92 Å². The van der Waals surface area contributed by atoms with Gasteiger partial charge in [0.05, 0.1) is 6.10 Å². The van der Waals surface area contributed by atoms with Gasteiger partial charge in [-0.1, -0.05) is 6.42 Å². The van der Waals surface area contributed by atoms with Gasteiger partial charge in [0.2, 0.25) is 0 Å². The minimum Gasteiger partial charge on any atom is -0.398 e. The summed E-state index contributed by atoms with van der Waals surface area (Å²) in [5.41, 5.74) is 6.70. The largest absolute Gasteiger partial charge is 0.398 e. The van der Waals surface area contributed by atoms with Gasteiger partial charge >= 0.3 is 0 Å². The van der Waals surface area contributed by atoms with Crippen LogP contribution in [-0.2, 0) is 6.54 Å². The Labute approximate surface area is 101 Å². The molecule has 0 aromatic carbocycles. The predicted molar refractivity (Wildman–Crippen MR) is 68.4 cm³/mol. The zero-order valence-corrected chi connectivity index (χ0v) is 10.3. The molecule has 0 bridgehead atoms. The fourth-order valence-electron chi connectivity index (χ4n) is 2.33. The second-order valence-electron chi connectivity index (χ2n) is 4.62. The molecule has 0 saturated heterocycles. The molecular weight excluding hydrogens is 220 g/mol. The van der Waals surface area contributed by atoms with Crippen LogP contribution < -0.4 is 11.1 Å². The molecule has 0 spiro atoms. The molecule has 1 heterocycles. The third-order valence-electron chi connectivity index (χ3n) is 3.25. The number of nitrogens with two attached hydrogens (primary N) is 1. The number of thiophene rings is 1. The lowest BCUT2D eigenvalue weighted by Gasteiger charge is -2.25. The average molecular weight is 240 g/mol. The van der Waals surface area contributed by atoms with Gasteiger partial charge in [0, 0.05) is 17.1 Å². The van der Waals surface area contributed by atoms with E-state index in [4.69, 9.17) is 5.73 Å². The summed E-state index contributed by atoms with van der Waals surface area (Å²) in [6.45, 7) is 1.85. The monoisotopic (exact) mass is 240 g/mol. The van der Waals surface area contributed by atoms with E-state index >= 15 is 0 Å². The highest BCUT2D eigenvalue weighted by atomic mass is 32.1. The summed E-state index contributed by atoms with van der Waals surface area (Å²) in [5, 5.41) is 15.0. The van der Waals surface area contributed by atoms with Gasteiger partial charge in [0.1, 0.15) is 0 Å². The van der Waals surface area contributed by atoms with Gasteiger partial charge in [-0.3, -0.25) is 0 Å². The van der Waals surface area contributed by atoms with Gasteiger partial charge in [0.15, 0.2) is 0 Å². The van der Waals surface area contributed by atoms with E-state index in [2.05, 4.69) is 5.32 Å². The van der Waals surface area contributed by atoms with Gasteiger partial charge in [-0.05, 0) is 43.2 Å². The van der Waals surface area contributed by atoms with Crippen LogP contribution in [0.5, 0.6) is 0 Å². The summed E-state index contributed by atoms with van der Waals surface area (Å²) in [7, 11) is 0. The van der Waals surface area contributed by atoms with Crippen molar-refractivity contribution in [2.45, 2.75) is 38.3 Å². The lowest BCUT2D eigenvalue weighted by molar-refractivity contribution is 0.101. The Morgan fingerprint density at radius 1 is 1.50 bits per heavy atom. The maximum Gasteiger partial charge on any atom is 0.0543 e. The van der Waals surface area contributed by atoms with Crippen LogP contribution in [0.15, 0.2) is 11.4 Å². The highest BCUT2D eigenvalue weighted by Gasteiger charge is 2.19. The first-order chi connectivity index (χ1) is 7.75. The number of nitrogens with one attached hydrogen (secondary N) is 1. The van der Waals surface area contributed by atoms with Crippen LogP contribution in [0.4, 0.5) is 5.69 Å². The Balaban J connectivity index is 1.70. The molecule has 2 rings (SSSR count). The number of aliphatic hydroxyl groups is 1. The number of rotatable bonds is 4. The molecule has 1 saturated carbocycles. The first kappa shape index (κ1) is 11.9. The molecule has 90 valence electrons. The maximum atomic E-state index is 9.56. The van der Waals surface area contributed by atoms with Crippen LogP contribution >= 0.6 is 11.3 Å². The fourth-order valence-corrected chi connectivity index (χ4v) is 3.10. The van der Waals surface area contributed by atoms with Crippen molar-refractivity contribution in [1.29, 1.82) is 0 Å². The smallest absolute Gasteiger partial charge is 0.0543 e. The molecule has 3 nitrogen and oxygen atoms in total. The summed E-state index contributed by atoms with van der Waals surface area (Å²) in [4.78, 5) is 1.22. The van der Waals surface area contributed by atoms with E-state index in [1.54, 1.807) is 11.3 Å². The zero-order chi connectivity index (χ0) is 11.4. The molecule has 2 atom stereocenters. The summed E-state index contributed by atoms with van der Waals surface area (Å²) in [6, 6.07) is 1.95. The molecule has 16 heavy (non-hydrogen) atoms. The minimum atomic E-state index is -0.0765. The molecule has 1 aliphatic carbocycles. The summed E-state index contributed by atoms with van der Waals surface area (Å²) in [5.74, 6) is 0.630. The predicted octanol–water partition coefficient (Wildman–Crippen LogP) is 1.97. The van der Waals surface area contributed by atoms with Crippen LogP contribution in [0.2, 0.25) is 0 Å². The highest BCUT2D eigenvalue weighted by molar-refractivity contribution is 7.10. The van der Waals surface area contributed by atoms with E-state index in [-0.39, 0.29) is 6.10 Å². The fraction of sp³-hybridized carbons (Fsp3) is 0.667. The molecular formula is C12H20N2OS. The lowest BCUT2D eigenvalue weighted by Crippen LogP contribution is -2.28. The summed E-state index contributed by atoms with van der Waals surface area (Å²) < 4.78 is 0. The Hall–Kier alpha value is -0.580. The molecule has 0 amide bonds. The van der Waals surface area contributed by atoms with Crippen LogP contribution in [0.25, 0.3) is 0 Å². The summed E-state index contributed by atoms with van der Waals surface area (Å²) >= 11 is 1.70. The SMILES string of the molecule is Nc1ccsc1CNCC1CCCC(O)C1. The molecule has 1 aliphatic rings. The first-order valence-electron chi connectivity index (χ1n) is 5.96. The second-order valence-corrected chi connectivity index (χ2v) is 5.62. The van der Waals surface area contributed by atoms with Gasteiger partial charge < -0.3 is 16.2 Å². The Bertz CT molecular complexity index is 327. The van der Waals surface area contributed by atoms with Crippen LogP contribution in [0, 0.1) is 5.92 Å². The third kappa shape index (κ3) is 3.20. The van der Waals surface area contributed by atoms with Crippen molar-refractivity contribution in [3.05, 3.63) is 16.3 Å². The van der Waals surface area contributed by atoms with E-state index in [1.165, 1.54) is 11.3 Å². The van der Waals surface area contributed by atoms with Crippen LogP contribution in [0.3, 0.4) is 0 Å². The second kappa shape index (κ2) is 5.66.